The number of rotatable bonds is 4. The number of nitrogens with zero attached hydrogens (tertiary/aromatic N) is 2. The highest BCUT2D eigenvalue weighted by Gasteiger charge is 2.18. The van der Waals surface area contributed by atoms with Gasteiger partial charge in [-0.3, -0.25) is 14.9 Å². The first-order valence-electron chi connectivity index (χ1n) is 5.91. The Hall–Kier alpha value is -2.67. The molecule has 2 aromatic rings. The van der Waals surface area contributed by atoms with E-state index in [9.17, 15) is 14.9 Å². The molecule has 0 unspecified atom stereocenters. The minimum Gasteiger partial charge on any atom is -0.372 e. The van der Waals surface area contributed by atoms with Gasteiger partial charge in [-0.15, -0.1) is 0 Å². The molecule has 21 heavy (non-hydrogen) atoms. The van der Waals surface area contributed by atoms with Gasteiger partial charge < -0.3 is 10.6 Å². The highest BCUT2D eigenvalue weighted by Crippen LogP contribution is 2.24. The number of aromatic nitrogens is 1. The number of benzene rings is 1. The predicted molar refractivity (Wildman–Crippen MR) is 79.8 cm³/mol. The van der Waals surface area contributed by atoms with Crippen LogP contribution in [0, 0.1) is 10.1 Å². The third-order valence-electron chi connectivity index (χ3n) is 2.69. The normalized spacial score (nSPS) is 10.0. The molecule has 1 aromatic carbocycles. The van der Waals surface area contributed by atoms with Gasteiger partial charge in [-0.25, -0.2) is 4.98 Å². The van der Waals surface area contributed by atoms with Crippen molar-refractivity contribution in [2.75, 3.05) is 17.7 Å². The smallest absolute Gasteiger partial charge is 0.288 e. The molecule has 0 fully saturated rings. The lowest BCUT2D eigenvalue weighted by Gasteiger charge is -2.09. The third kappa shape index (κ3) is 3.26. The summed E-state index contributed by atoms with van der Waals surface area (Å²) in [5.41, 5.74) is 0.211. The molecule has 0 radical (unpaired) electrons. The number of hydrogen-bond acceptors (Lipinski definition) is 5. The zero-order valence-corrected chi connectivity index (χ0v) is 11.7. The molecule has 1 aromatic heterocycles. The van der Waals surface area contributed by atoms with Gasteiger partial charge in [0.2, 0.25) is 0 Å². The fraction of sp³-hybridized carbons (Fsp3) is 0.0769. The molecule has 0 saturated carbocycles. The van der Waals surface area contributed by atoms with Gasteiger partial charge in [0.15, 0.2) is 0 Å². The van der Waals surface area contributed by atoms with E-state index in [2.05, 4.69) is 15.6 Å². The van der Waals surface area contributed by atoms with Gasteiger partial charge in [-0.05, 0) is 12.1 Å². The summed E-state index contributed by atoms with van der Waals surface area (Å²) in [6.07, 6.45) is 1.08. The summed E-state index contributed by atoms with van der Waals surface area (Å²) in [5, 5.41) is 16.5. The zero-order chi connectivity index (χ0) is 15.4. The van der Waals surface area contributed by atoms with E-state index in [1.165, 1.54) is 0 Å². The van der Waals surface area contributed by atoms with Crippen LogP contribution in [0.15, 0.2) is 36.5 Å². The van der Waals surface area contributed by atoms with Crippen LogP contribution in [0.5, 0.6) is 0 Å². The molecular formula is C13H11ClN4O3. The Morgan fingerprint density at radius 3 is 2.71 bits per heavy atom. The predicted octanol–water partition coefficient (Wildman–Crippen LogP) is 2.94. The van der Waals surface area contributed by atoms with Gasteiger partial charge >= 0.3 is 0 Å². The van der Waals surface area contributed by atoms with Crippen molar-refractivity contribution < 1.29 is 9.72 Å². The number of para-hydroxylation sites is 1. The van der Waals surface area contributed by atoms with Crippen LogP contribution in [0.1, 0.15) is 10.4 Å². The summed E-state index contributed by atoms with van der Waals surface area (Å²) in [4.78, 5) is 26.3. The second-order valence-corrected chi connectivity index (χ2v) is 4.44. The summed E-state index contributed by atoms with van der Waals surface area (Å²) in [7, 11) is 1.57. The van der Waals surface area contributed by atoms with Crippen molar-refractivity contribution in [3.05, 3.63) is 57.2 Å². The van der Waals surface area contributed by atoms with Crippen molar-refractivity contribution in [2.24, 2.45) is 0 Å². The van der Waals surface area contributed by atoms with Gasteiger partial charge in [0.25, 0.3) is 11.6 Å². The molecule has 7 nitrogen and oxygen atoms in total. The molecule has 0 saturated heterocycles. The van der Waals surface area contributed by atoms with Crippen molar-refractivity contribution in [3.63, 3.8) is 0 Å². The van der Waals surface area contributed by atoms with Gasteiger partial charge in [0.1, 0.15) is 12.0 Å². The first kappa shape index (κ1) is 14.7. The van der Waals surface area contributed by atoms with Gasteiger partial charge in [0.05, 0.1) is 21.2 Å². The Labute approximate surface area is 125 Å². The number of carbonyl (C=O) groups excluding carboxylic acids is 1. The first-order valence-corrected chi connectivity index (χ1v) is 6.29. The molecule has 108 valence electrons. The van der Waals surface area contributed by atoms with E-state index in [-0.39, 0.29) is 17.1 Å². The number of nitrogens with one attached hydrogen (secondary N) is 2. The fourth-order valence-corrected chi connectivity index (χ4v) is 1.86. The molecule has 0 bridgehead atoms. The minimum absolute atomic E-state index is 0.0617. The Balaban J connectivity index is 2.36. The molecule has 2 N–H and O–H groups in total. The summed E-state index contributed by atoms with van der Waals surface area (Å²) in [5.74, 6) is -0.297. The average Bonchev–Trinajstić information content (AvgIpc) is 2.48. The highest BCUT2D eigenvalue weighted by molar-refractivity contribution is 6.34. The summed E-state index contributed by atoms with van der Waals surface area (Å²) < 4.78 is 0. The van der Waals surface area contributed by atoms with Crippen LogP contribution in [-0.2, 0) is 0 Å². The molecule has 0 aliphatic rings. The molecule has 2 rings (SSSR count). The number of anilines is 2. The Kier molecular flexibility index (Phi) is 4.34. The van der Waals surface area contributed by atoms with Crippen LogP contribution in [0.4, 0.5) is 17.2 Å². The maximum Gasteiger partial charge on any atom is 0.288 e. The molecule has 1 heterocycles. The van der Waals surface area contributed by atoms with Crippen LogP contribution in [0.3, 0.4) is 0 Å². The van der Waals surface area contributed by atoms with E-state index in [4.69, 9.17) is 11.6 Å². The van der Waals surface area contributed by atoms with E-state index >= 15 is 0 Å². The van der Waals surface area contributed by atoms with Crippen molar-refractivity contribution in [1.29, 1.82) is 0 Å². The minimum atomic E-state index is -0.612. The van der Waals surface area contributed by atoms with E-state index in [1.54, 1.807) is 31.3 Å². The third-order valence-corrected chi connectivity index (χ3v) is 3.02. The second kappa shape index (κ2) is 6.19. The number of hydrogen-bond donors (Lipinski definition) is 2. The number of pyridine rings is 1. The topological polar surface area (TPSA) is 97.2 Å². The Morgan fingerprint density at radius 2 is 2.10 bits per heavy atom. The molecule has 0 aliphatic heterocycles. The number of amides is 1. The van der Waals surface area contributed by atoms with Crippen LogP contribution in [-0.4, -0.2) is 22.9 Å². The van der Waals surface area contributed by atoms with Gasteiger partial charge in [-0.2, -0.15) is 0 Å². The zero-order valence-electron chi connectivity index (χ0n) is 11.0. The number of carbonyl (C=O) groups is 1. The Bertz CT molecular complexity index is 706. The van der Waals surface area contributed by atoms with Crippen molar-refractivity contribution in [1.82, 2.24) is 4.98 Å². The molecule has 0 atom stereocenters. The van der Waals surface area contributed by atoms with Gasteiger partial charge in [-0.1, -0.05) is 23.7 Å². The lowest BCUT2D eigenvalue weighted by Crippen LogP contribution is -2.15. The quantitative estimate of drug-likeness (QED) is 0.668. The van der Waals surface area contributed by atoms with E-state index in [0.29, 0.717) is 10.7 Å². The van der Waals surface area contributed by atoms with Crippen molar-refractivity contribution in [2.45, 2.75) is 0 Å². The second-order valence-electron chi connectivity index (χ2n) is 4.03. The SMILES string of the molecule is CNc1ncc([N+](=O)[O-])cc1C(=O)Nc1ccccc1Cl. The van der Waals surface area contributed by atoms with Crippen molar-refractivity contribution >= 4 is 34.7 Å². The van der Waals surface area contributed by atoms with Gasteiger partial charge in [0, 0.05) is 13.1 Å². The average molecular weight is 307 g/mol. The van der Waals surface area contributed by atoms with Crippen molar-refractivity contribution in [3.8, 4) is 0 Å². The highest BCUT2D eigenvalue weighted by atomic mass is 35.5. The number of halogens is 1. The van der Waals surface area contributed by atoms with E-state index in [0.717, 1.165) is 12.3 Å². The molecule has 1 amide bonds. The lowest BCUT2D eigenvalue weighted by atomic mass is 10.2. The summed E-state index contributed by atoms with van der Waals surface area (Å²) in [6, 6.07) is 7.86. The van der Waals surface area contributed by atoms with Crippen LogP contribution in [0.2, 0.25) is 5.02 Å². The molecular weight excluding hydrogens is 296 g/mol. The van der Waals surface area contributed by atoms with E-state index < -0.39 is 10.8 Å². The fourth-order valence-electron chi connectivity index (χ4n) is 1.68. The monoisotopic (exact) mass is 306 g/mol. The molecule has 0 aliphatic carbocycles. The lowest BCUT2D eigenvalue weighted by molar-refractivity contribution is -0.385. The largest absolute Gasteiger partial charge is 0.372 e. The Morgan fingerprint density at radius 1 is 1.38 bits per heavy atom. The van der Waals surface area contributed by atoms with E-state index in [1.807, 2.05) is 0 Å². The maximum atomic E-state index is 12.2. The summed E-state index contributed by atoms with van der Waals surface area (Å²) >= 11 is 5.96. The maximum absolute atomic E-state index is 12.2. The van der Waals surface area contributed by atoms with Crippen LogP contribution in [0.25, 0.3) is 0 Å². The standard InChI is InChI=1S/C13H11ClN4O3/c1-15-12-9(6-8(7-16-12)18(20)21)13(19)17-11-5-3-2-4-10(11)14/h2-7H,1H3,(H,15,16)(H,17,19). The van der Waals surface area contributed by atoms with Crippen LogP contribution >= 0.6 is 11.6 Å². The summed E-state index contributed by atoms with van der Waals surface area (Å²) in [6.45, 7) is 0. The molecule has 8 heteroatoms. The molecule has 0 spiro atoms. The number of nitro groups is 1. The first-order chi connectivity index (χ1) is 10.0. The van der Waals surface area contributed by atoms with Crippen LogP contribution < -0.4 is 10.6 Å².